The Morgan fingerprint density at radius 2 is 2.04 bits per heavy atom. The van der Waals surface area contributed by atoms with E-state index < -0.39 is 0 Å². The van der Waals surface area contributed by atoms with Gasteiger partial charge in [-0.1, -0.05) is 18.2 Å². The van der Waals surface area contributed by atoms with Gasteiger partial charge in [-0.05, 0) is 26.0 Å². The molecule has 0 aliphatic carbocycles. The Morgan fingerprint density at radius 3 is 2.70 bits per heavy atom. The molecule has 1 atom stereocenters. The van der Waals surface area contributed by atoms with Crippen LogP contribution in [0, 0.1) is 6.92 Å². The third-order valence-electron chi connectivity index (χ3n) is 3.75. The number of carbonyl (C=O) groups excluding carboxylic acids is 1. The molecule has 0 aliphatic heterocycles. The van der Waals surface area contributed by atoms with Crippen LogP contribution in [0.2, 0.25) is 0 Å². The standard InChI is InChI=1S/C17H18N4OS/c1-12-11-23-16(19-12)13(2)20(3)17(22)14-9-18-21(10-14)15-7-5-4-6-8-15/h4-11,13H,1-3H3/t13-/m0/s1. The maximum Gasteiger partial charge on any atom is 0.257 e. The monoisotopic (exact) mass is 326 g/mol. The molecule has 1 aromatic carbocycles. The lowest BCUT2D eigenvalue weighted by Gasteiger charge is -2.22. The molecule has 5 nitrogen and oxygen atoms in total. The van der Waals surface area contributed by atoms with Crippen LogP contribution in [0.4, 0.5) is 0 Å². The average Bonchev–Trinajstić information content (AvgIpc) is 3.23. The second kappa shape index (κ2) is 6.34. The van der Waals surface area contributed by atoms with Crippen LogP contribution in [0.5, 0.6) is 0 Å². The lowest BCUT2D eigenvalue weighted by atomic mass is 10.2. The molecule has 0 bridgehead atoms. The number of amides is 1. The van der Waals surface area contributed by atoms with Crippen molar-refractivity contribution in [1.82, 2.24) is 19.7 Å². The van der Waals surface area contributed by atoms with Gasteiger partial charge in [-0.15, -0.1) is 11.3 Å². The molecular formula is C17H18N4OS. The molecule has 0 unspecified atom stereocenters. The highest BCUT2D eigenvalue weighted by atomic mass is 32.1. The average molecular weight is 326 g/mol. The molecule has 0 radical (unpaired) electrons. The van der Waals surface area contributed by atoms with E-state index in [9.17, 15) is 4.79 Å². The number of nitrogens with zero attached hydrogens (tertiary/aromatic N) is 4. The summed E-state index contributed by atoms with van der Waals surface area (Å²) in [5.41, 5.74) is 2.48. The van der Waals surface area contributed by atoms with Crippen molar-refractivity contribution in [2.75, 3.05) is 7.05 Å². The van der Waals surface area contributed by atoms with Gasteiger partial charge >= 0.3 is 0 Å². The quantitative estimate of drug-likeness (QED) is 0.737. The summed E-state index contributed by atoms with van der Waals surface area (Å²) in [7, 11) is 1.80. The SMILES string of the molecule is Cc1csc([C@H](C)N(C)C(=O)c2cnn(-c3ccccc3)c2)n1. The summed E-state index contributed by atoms with van der Waals surface area (Å²) in [6, 6.07) is 9.67. The Bertz CT molecular complexity index is 809. The molecule has 3 rings (SSSR count). The van der Waals surface area contributed by atoms with Gasteiger partial charge in [0.05, 0.1) is 23.5 Å². The minimum atomic E-state index is -0.0683. The number of benzene rings is 1. The molecule has 2 heterocycles. The number of aryl methyl sites for hydroxylation is 1. The summed E-state index contributed by atoms with van der Waals surface area (Å²) in [6.07, 6.45) is 3.36. The summed E-state index contributed by atoms with van der Waals surface area (Å²) in [5.74, 6) is -0.0625. The normalized spacial score (nSPS) is 12.1. The molecule has 2 aromatic heterocycles. The largest absolute Gasteiger partial charge is 0.332 e. The zero-order chi connectivity index (χ0) is 16.4. The van der Waals surface area contributed by atoms with Crippen LogP contribution >= 0.6 is 11.3 Å². The van der Waals surface area contributed by atoms with Crippen LogP contribution in [0.15, 0.2) is 48.1 Å². The van der Waals surface area contributed by atoms with E-state index in [-0.39, 0.29) is 11.9 Å². The van der Waals surface area contributed by atoms with Crippen molar-refractivity contribution in [2.24, 2.45) is 0 Å². The Morgan fingerprint density at radius 1 is 1.30 bits per heavy atom. The minimum Gasteiger partial charge on any atom is -0.332 e. The van der Waals surface area contributed by atoms with Crippen molar-refractivity contribution < 1.29 is 4.79 Å². The van der Waals surface area contributed by atoms with Crippen molar-refractivity contribution in [2.45, 2.75) is 19.9 Å². The van der Waals surface area contributed by atoms with Gasteiger partial charge in [0, 0.05) is 24.3 Å². The topological polar surface area (TPSA) is 51.0 Å². The van der Waals surface area contributed by atoms with Gasteiger partial charge in [-0.2, -0.15) is 5.10 Å². The van der Waals surface area contributed by atoms with Crippen molar-refractivity contribution in [3.8, 4) is 5.69 Å². The van der Waals surface area contributed by atoms with E-state index in [1.165, 1.54) is 0 Å². The van der Waals surface area contributed by atoms with Crippen LogP contribution < -0.4 is 0 Å². The van der Waals surface area contributed by atoms with E-state index in [0.29, 0.717) is 5.56 Å². The van der Waals surface area contributed by atoms with Crippen LogP contribution in [-0.4, -0.2) is 32.6 Å². The molecule has 118 valence electrons. The summed E-state index contributed by atoms with van der Waals surface area (Å²) in [6.45, 7) is 3.94. The lowest BCUT2D eigenvalue weighted by molar-refractivity contribution is 0.0742. The van der Waals surface area contributed by atoms with Gasteiger partial charge in [0.1, 0.15) is 5.01 Å². The van der Waals surface area contributed by atoms with Crippen LogP contribution in [0.25, 0.3) is 5.69 Å². The zero-order valence-corrected chi connectivity index (χ0v) is 14.1. The summed E-state index contributed by atoms with van der Waals surface area (Å²) in [4.78, 5) is 18.8. The molecule has 0 fully saturated rings. The highest BCUT2D eigenvalue weighted by Gasteiger charge is 2.22. The Balaban J connectivity index is 1.79. The third kappa shape index (κ3) is 3.17. The molecule has 23 heavy (non-hydrogen) atoms. The fourth-order valence-corrected chi connectivity index (χ4v) is 3.16. The fraction of sp³-hybridized carbons (Fsp3) is 0.235. The first-order valence-electron chi connectivity index (χ1n) is 7.35. The number of rotatable bonds is 4. The van der Waals surface area contributed by atoms with E-state index >= 15 is 0 Å². The Hall–Kier alpha value is -2.47. The van der Waals surface area contributed by atoms with E-state index in [1.54, 1.807) is 40.4 Å². The molecule has 0 saturated carbocycles. The van der Waals surface area contributed by atoms with Gasteiger partial charge in [0.2, 0.25) is 0 Å². The van der Waals surface area contributed by atoms with Crippen LogP contribution in [0.1, 0.15) is 34.0 Å². The fourth-order valence-electron chi connectivity index (χ4n) is 2.26. The first-order valence-corrected chi connectivity index (χ1v) is 8.23. The van der Waals surface area contributed by atoms with Gasteiger partial charge in [-0.3, -0.25) is 4.79 Å². The maximum atomic E-state index is 12.7. The molecule has 3 aromatic rings. The summed E-state index contributed by atoms with van der Waals surface area (Å²) < 4.78 is 1.71. The molecular weight excluding hydrogens is 308 g/mol. The van der Waals surface area contributed by atoms with Gasteiger partial charge < -0.3 is 4.90 Å². The third-order valence-corrected chi connectivity index (χ3v) is 4.88. The minimum absolute atomic E-state index is 0.0625. The second-order valence-corrected chi connectivity index (χ2v) is 6.32. The molecule has 1 amide bonds. The number of para-hydroxylation sites is 1. The Kier molecular flexibility index (Phi) is 4.25. The summed E-state index contributed by atoms with van der Waals surface area (Å²) >= 11 is 1.57. The molecule has 6 heteroatoms. The Labute approximate surface area is 139 Å². The van der Waals surface area contributed by atoms with Crippen LogP contribution in [0.3, 0.4) is 0 Å². The van der Waals surface area contributed by atoms with Crippen molar-refractivity contribution >= 4 is 17.2 Å². The van der Waals surface area contributed by atoms with Crippen LogP contribution in [-0.2, 0) is 0 Å². The molecule has 0 spiro atoms. The van der Waals surface area contributed by atoms with Gasteiger partial charge in [0.25, 0.3) is 5.91 Å². The van der Waals surface area contributed by atoms with Crippen molar-refractivity contribution in [3.05, 3.63) is 64.4 Å². The molecule has 0 saturated heterocycles. The van der Waals surface area contributed by atoms with Gasteiger partial charge in [-0.25, -0.2) is 9.67 Å². The highest BCUT2D eigenvalue weighted by Crippen LogP contribution is 2.24. The van der Waals surface area contributed by atoms with Crippen molar-refractivity contribution in [1.29, 1.82) is 0 Å². The van der Waals surface area contributed by atoms with E-state index in [2.05, 4.69) is 10.1 Å². The van der Waals surface area contributed by atoms with Gasteiger partial charge in [0.15, 0.2) is 0 Å². The molecule has 0 aliphatic rings. The smallest absolute Gasteiger partial charge is 0.257 e. The number of aromatic nitrogens is 3. The van der Waals surface area contributed by atoms with E-state index in [0.717, 1.165) is 16.4 Å². The first-order chi connectivity index (χ1) is 11.1. The summed E-state index contributed by atoms with van der Waals surface area (Å²) in [5, 5.41) is 7.22. The number of hydrogen-bond donors (Lipinski definition) is 0. The molecule has 0 N–H and O–H groups in total. The number of carbonyl (C=O) groups is 1. The second-order valence-electron chi connectivity index (χ2n) is 5.43. The first kappa shape index (κ1) is 15.4. The predicted molar refractivity (Wildman–Crippen MR) is 90.9 cm³/mol. The van der Waals surface area contributed by atoms with Crippen molar-refractivity contribution in [3.63, 3.8) is 0 Å². The number of hydrogen-bond acceptors (Lipinski definition) is 4. The predicted octanol–water partition coefficient (Wildman–Crippen LogP) is 3.47. The zero-order valence-electron chi connectivity index (χ0n) is 13.3. The maximum absolute atomic E-state index is 12.7. The van der Waals surface area contributed by atoms with E-state index in [4.69, 9.17) is 0 Å². The number of thiazole rings is 1. The van der Waals surface area contributed by atoms with E-state index in [1.807, 2.05) is 49.6 Å². The lowest BCUT2D eigenvalue weighted by Crippen LogP contribution is -2.29. The highest BCUT2D eigenvalue weighted by molar-refractivity contribution is 7.09.